The molecule has 0 saturated heterocycles. The molecule has 0 N–H and O–H groups in total. The Bertz CT molecular complexity index is 1200. The van der Waals surface area contributed by atoms with Gasteiger partial charge in [-0.3, -0.25) is 0 Å². The highest BCUT2D eigenvalue weighted by atomic mass is 79.9. The van der Waals surface area contributed by atoms with Gasteiger partial charge in [0.2, 0.25) is 0 Å². The molecular weight excluding hydrogens is 541 g/mol. The smallest absolute Gasteiger partial charge is 0.166 e. The molecule has 5 rings (SSSR count). The summed E-state index contributed by atoms with van der Waals surface area (Å²) >= 11 is 7.24. The van der Waals surface area contributed by atoms with Gasteiger partial charge in [0.05, 0.1) is 5.56 Å². The summed E-state index contributed by atoms with van der Waals surface area (Å²) in [4.78, 5) is 0. The molecular formula is C27H21Br2F3. The minimum atomic E-state index is -4.34. The Morgan fingerprint density at radius 2 is 1.47 bits per heavy atom. The van der Waals surface area contributed by atoms with Gasteiger partial charge >= 0.3 is 6.18 Å². The molecule has 164 valence electrons. The quantitative estimate of drug-likeness (QED) is 0.298. The van der Waals surface area contributed by atoms with E-state index >= 15 is 0 Å². The average molecular weight is 562 g/mol. The highest BCUT2D eigenvalue weighted by Gasteiger charge is 2.39. The largest absolute Gasteiger partial charge is 0.416 e. The van der Waals surface area contributed by atoms with E-state index in [4.69, 9.17) is 0 Å². The number of allylic oxidation sites excluding steroid dienone is 1. The fourth-order valence-corrected chi connectivity index (χ4v) is 6.30. The Hall–Kier alpha value is -1.85. The number of halogens is 5. The third kappa shape index (κ3) is 3.58. The summed E-state index contributed by atoms with van der Waals surface area (Å²) in [6, 6.07) is 17.4. The van der Waals surface area contributed by atoms with E-state index in [1.54, 1.807) is 12.1 Å². The van der Waals surface area contributed by atoms with Crippen LogP contribution in [0.2, 0.25) is 0 Å². The van der Waals surface area contributed by atoms with Gasteiger partial charge in [-0.25, -0.2) is 0 Å². The van der Waals surface area contributed by atoms with Crippen molar-refractivity contribution in [3.63, 3.8) is 0 Å². The Labute approximate surface area is 202 Å². The molecule has 0 saturated carbocycles. The number of hydrogen-bond donors (Lipinski definition) is 0. The number of benzene rings is 3. The molecule has 0 heterocycles. The zero-order valence-electron chi connectivity index (χ0n) is 17.6. The van der Waals surface area contributed by atoms with E-state index < -0.39 is 11.7 Å². The van der Waals surface area contributed by atoms with Crippen molar-refractivity contribution in [2.24, 2.45) is 5.92 Å². The lowest BCUT2D eigenvalue weighted by Gasteiger charge is -2.26. The topological polar surface area (TPSA) is 0 Å². The van der Waals surface area contributed by atoms with Crippen LogP contribution in [0.15, 0.2) is 69.1 Å². The predicted octanol–water partition coefficient (Wildman–Crippen LogP) is 9.57. The molecule has 5 heteroatoms. The molecule has 0 aromatic heterocycles. The summed E-state index contributed by atoms with van der Waals surface area (Å²) in [7, 11) is 0. The van der Waals surface area contributed by atoms with Crippen LogP contribution >= 0.6 is 31.9 Å². The molecule has 0 fully saturated rings. The minimum Gasteiger partial charge on any atom is -0.166 e. The number of alkyl halides is 3. The Morgan fingerprint density at radius 1 is 0.875 bits per heavy atom. The fourth-order valence-electron chi connectivity index (χ4n) is 5.54. The first-order valence-electron chi connectivity index (χ1n) is 10.6. The molecule has 2 atom stereocenters. The van der Waals surface area contributed by atoms with Crippen LogP contribution < -0.4 is 0 Å². The first-order valence-corrected chi connectivity index (χ1v) is 12.2. The maximum absolute atomic E-state index is 13.6. The van der Waals surface area contributed by atoms with Crippen molar-refractivity contribution in [1.29, 1.82) is 0 Å². The van der Waals surface area contributed by atoms with Crippen molar-refractivity contribution in [3.05, 3.63) is 96.9 Å². The second-order valence-electron chi connectivity index (χ2n) is 8.90. The van der Waals surface area contributed by atoms with Gasteiger partial charge in [0.15, 0.2) is 0 Å². The normalized spacial score (nSPS) is 18.2. The van der Waals surface area contributed by atoms with Gasteiger partial charge in [-0.1, -0.05) is 74.7 Å². The predicted molar refractivity (Wildman–Crippen MR) is 131 cm³/mol. The highest BCUT2D eigenvalue weighted by molar-refractivity contribution is 9.10. The van der Waals surface area contributed by atoms with E-state index in [0.717, 1.165) is 26.5 Å². The van der Waals surface area contributed by atoms with E-state index in [0.29, 0.717) is 5.56 Å². The van der Waals surface area contributed by atoms with Gasteiger partial charge < -0.3 is 0 Å². The Morgan fingerprint density at radius 3 is 2.03 bits per heavy atom. The second-order valence-corrected chi connectivity index (χ2v) is 10.7. The summed E-state index contributed by atoms with van der Waals surface area (Å²) in [5.74, 6) is 0.430. The molecule has 0 aliphatic heterocycles. The van der Waals surface area contributed by atoms with Gasteiger partial charge in [0.25, 0.3) is 0 Å². The van der Waals surface area contributed by atoms with E-state index in [1.807, 2.05) is 13.0 Å². The number of hydrogen-bond acceptors (Lipinski definition) is 0. The highest BCUT2D eigenvalue weighted by Crippen LogP contribution is 2.53. The first-order chi connectivity index (χ1) is 15.1. The molecule has 2 aliphatic rings. The SMILES string of the molecule is CC1=Cc2c(cccc2C(F)(F)F)C1CC(C)C1c2cc(Br)ccc2-c2ccc(Br)cc21. The van der Waals surface area contributed by atoms with Crippen molar-refractivity contribution in [3.8, 4) is 11.1 Å². The standard InChI is InChI=1S/C27H21Br2F3/c1-14-10-22-18(4-3-5-25(22)27(30,31)32)21(14)11-15(2)26-23-12-16(28)6-8-19(23)20-9-7-17(29)13-24(20)26/h3-10,12-13,15,21,26H,11H2,1-2H3. The van der Waals surface area contributed by atoms with Crippen LogP contribution in [0.25, 0.3) is 17.2 Å². The van der Waals surface area contributed by atoms with Crippen molar-refractivity contribution in [2.45, 2.75) is 38.3 Å². The van der Waals surface area contributed by atoms with Gasteiger partial charge in [-0.2, -0.15) is 13.2 Å². The molecule has 0 amide bonds. The van der Waals surface area contributed by atoms with Crippen molar-refractivity contribution in [2.75, 3.05) is 0 Å². The first kappa shape index (κ1) is 22.0. The van der Waals surface area contributed by atoms with Crippen LogP contribution in [-0.4, -0.2) is 0 Å². The lowest BCUT2D eigenvalue weighted by Crippen LogP contribution is -2.14. The van der Waals surface area contributed by atoms with Crippen LogP contribution in [0.5, 0.6) is 0 Å². The second kappa shape index (κ2) is 7.88. The number of rotatable bonds is 3. The third-order valence-corrected chi connectivity index (χ3v) is 7.89. The summed E-state index contributed by atoms with van der Waals surface area (Å²) in [6.07, 6.45) is -1.82. The molecule has 3 aromatic rings. The average Bonchev–Trinajstić information content (AvgIpc) is 3.20. The molecule has 2 unspecified atom stereocenters. The molecule has 32 heavy (non-hydrogen) atoms. The maximum atomic E-state index is 13.6. The fraction of sp³-hybridized carbons (Fsp3) is 0.259. The monoisotopic (exact) mass is 560 g/mol. The molecule has 2 aliphatic carbocycles. The lowest BCUT2D eigenvalue weighted by molar-refractivity contribution is -0.137. The Kier molecular flexibility index (Phi) is 5.41. The van der Waals surface area contributed by atoms with Gasteiger partial charge in [-0.05, 0) is 83.0 Å². The Balaban J connectivity index is 1.54. The molecule has 3 aromatic carbocycles. The number of fused-ring (bicyclic) bond motifs is 4. The van der Waals surface area contributed by atoms with E-state index in [9.17, 15) is 13.2 Å². The van der Waals surface area contributed by atoms with E-state index in [-0.39, 0.29) is 17.8 Å². The summed E-state index contributed by atoms with van der Waals surface area (Å²) in [5, 5.41) is 0. The summed E-state index contributed by atoms with van der Waals surface area (Å²) < 4.78 is 42.8. The van der Waals surface area contributed by atoms with Gasteiger partial charge in [0.1, 0.15) is 0 Å². The lowest BCUT2D eigenvalue weighted by atomic mass is 9.77. The summed E-state index contributed by atoms with van der Waals surface area (Å²) in [6.45, 7) is 4.19. The third-order valence-electron chi connectivity index (χ3n) is 6.91. The van der Waals surface area contributed by atoms with Crippen LogP contribution in [-0.2, 0) is 6.18 Å². The van der Waals surface area contributed by atoms with Crippen LogP contribution in [0.3, 0.4) is 0 Å². The molecule has 0 nitrogen and oxygen atoms in total. The van der Waals surface area contributed by atoms with Gasteiger partial charge in [-0.15, -0.1) is 0 Å². The van der Waals surface area contributed by atoms with E-state index in [2.05, 4.69) is 75.2 Å². The van der Waals surface area contributed by atoms with Crippen LogP contribution in [0.4, 0.5) is 13.2 Å². The zero-order valence-corrected chi connectivity index (χ0v) is 20.8. The van der Waals surface area contributed by atoms with Crippen LogP contribution in [0, 0.1) is 5.92 Å². The van der Waals surface area contributed by atoms with Crippen molar-refractivity contribution in [1.82, 2.24) is 0 Å². The molecule has 0 radical (unpaired) electrons. The zero-order chi connectivity index (χ0) is 22.8. The summed E-state index contributed by atoms with van der Waals surface area (Å²) in [5.41, 5.74) is 6.66. The minimum absolute atomic E-state index is 0.00546. The van der Waals surface area contributed by atoms with Crippen LogP contribution in [0.1, 0.15) is 59.9 Å². The van der Waals surface area contributed by atoms with E-state index in [1.165, 1.54) is 28.3 Å². The van der Waals surface area contributed by atoms with Gasteiger partial charge in [0, 0.05) is 20.8 Å². The maximum Gasteiger partial charge on any atom is 0.416 e. The molecule has 0 spiro atoms. The van der Waals surface area contributed by atoms with Crippen molar-refractivity contribution >= 4 is 37.9 Å². The molecule has 0 bridgehead atoms. The van der Waals surface area contributed by atoms with Crippen molar-refractivity contribution < 1.29 is 13.2 Å².